The van der Waals surface area contributed by atoms with Crippen LogP contribution in [-0.4, -0.2) is 14.9 Å². The van der Waals surface area contributed by atoms with Gasteiger partial charge in [0.15, 0.2) is 8.32 Å². The minimum absolute atomic E-state index is 0.674. The van der Waals surface area contributed by atoms with E-state index in [1.165, 1.54) is 32.1 Å². The van der Waals surface area contributed by atoms with E-state index in [0.717, 1.165) is 24.4 Å². The minimum atomic E-state index is -1.70. The van der Waals surface area contributed by atoms with Crippen molar-refractivity contribution in [2.24, 2.45) is 23.7 Å². The van der Waals surface area contributed by atoms with Crippen molar-refractivity contribution in [1.82, 2.24) is 0 Å². The van der Waals surface area contributed by atoms with Gasteiger partial charge in [-0.25, -0.2) is 0 Å². The van der Waals surface area contributed by atoms with Crippen LogP contribution in [0.4, 0.5) is 0 Å². The second-order valence-electron chi connectivity index (χ2n) is 10.5. The summed E-state index contributed by atoms with van der Waals surface area (Å²) in [4.78, 5) is 0. The Balaban J connectivity index is 4.52. The molecule has 0 aliphatic carbocycles. The second kappa shape index (κ2) is 12.6. The number of hydrogen-bond donors (Lipinski definition) is 0. The van der Waals surface area contributed by atoms with Crippen molar-refractivity contribution in [1.29, 1.82) is 0 Å². The quantitative estimate of drug-likeness (QED) is 0.272. The van der Waals surface area contributed by atoms with Crippen LogP contribution in [0.5, 0.6) is 0 Å². The first-order valence-corrected chi connectivity index (χ1v) is 13.7. The first kappa shape index (κ1) is 26.2. The van der Waals surface area contributed by atoms with Crippen LogP contribution in [0.3, 0.4) is 0 Å². The average molecular weight is 385 g/mol. The van der Waals surface area contributed by atoms with Gasteiger partial charge in [0.05, 0.1) is 0 Å². The highest BCUT2D eigenvalue weighted by Crippen LogP contribution is 2.42. The van der Waals surface area contributed by atoms with E-state index in [9.17, 15) is 0 Å². The van der Waals surface area contributed by atoms with Gasteiger partial charge in [-0.15, -0.1) is 0 Å². The molecule has 0 spiro atoms. The third-order valence-corrected chi connectivity index (χ3v) is 12.6. The maximum atomic E-state index is 6.82. The molecule has 0 bridgehead atoms. The average Bonchev–Trinajstić information content (AvgIpc) is 2.45. The van der Waals surface area contributed by atoms with Gasteiger partial charge >= 0.3 is 0 Å². The number of rotatable bonds is 14. The summed E-state index contributed by atoms with van der Waals surface area (Å²) in [5, 5.41) is 0. The monoisotopic (exact) mass is 384 g/mol. The van der Waals surface area contributed by atoms with E-state index in [2.05, 4.69) is 76.2 Å². The van der Waals surface area contributed by atoms with E-state index in [1.807, 2.05) is 0 Å². The third kappa shape index (κ3) is 8.46. The van der Waals surface area contributed by atoms with Crippen LogP contribution in [0.2, 0.25) is 16.6 Å². The summed E-state index contributed by atoms with van der Waals surface area (Å²) in [7, 11) is -1.70. The van der Waals surface area contributed by atoms with Gasteiger partial charge in [-0.05, 0) is 59.6 Å². The molecule has 0 aromatic rings. The van der Waals surface area contributed by atoms with Crippen LogP contribution in [0.15, 0.2) is 0 Å². The van der Waals surface area contributed by atoms with Crippen LogP contribution in [0.25, 0.3) is 0 Å². The lowest BCUT2D eigenvalue weighted by atomic mass is 9.85. The molecule has 0 aromatic carbocycles. The highest BCUT2D eigenvalue weighted by molar-refractivity contribution is 6.77. The van der Waals surface area contributed by atoms with E-state index in [1.54, 1.807) is 0 Å². The Labute approximate surface area is 168 Å². The molecule has 158 valence electrons. The van der Waals surface area contributed by atoms with Crippen molar-refractivity contribution < 1.29 is 4.43 Å². The Morgan fingerprint density at radius 2 is 0.962 bits per heavy atom. The van der Waals surface area contributed by atoms with Crippen LogP contribution >= 0.6 is 0 Å². The Kier molecular flexibility index (Phi) is 12.7. The van der Waals surface area contributed by atoms with Crippen molar-refractivity contribution >= 4 is 8.32 Å². The normalized spacial score (nSPS) is 17.8. The first-order chi connectivity index (χ1) is 12.0. The van der Waals surface area contributed by atoms with E-state index >= 15 is 0 Å². The van der Waals surface area contributed by atoms with Gasteiger partial charge in [0.1, 0.15) is 0 Å². The first-order valence-electron chi connectivity index (χ1n) is 11.6. The van der Waals surface area contributed by atoms with Gasteiger partial charge in [-0.1, -0.05) is 89.0 Å². The van der Waals surface area contributed by atoms with E-state index in [-0.39, 0.29) is 0 Å². The minimum Gasteiger partial charge on any atom is -0.416 e. The second-order valence-corrected chi connectivity index (χ2v) is 16.0. The molecule has 2 heteroatoms. The van der Waals surface area contributed by atoms with Crippen molar-refractivity contribution in [3.05, 3.63) is 0 Å². The molecule has 0 unspecified atom stereocenters. The Hall–Kier alpha value is 0.177. The van der Waals surface area contributed by atoms with Crippen molar-refractivity contribution in [2.45, 2.75) is 125 Å². The number of hydrogen-bond acceptors (Lipinski definition) is 1. The molecule has 1 nitrogen and oxygen atoms in total. The summed E-state index contributed by atoms with van der Waals surface area (Å²) < 4.78 is 6.82. The highest BCUT2D eigenvalue weighted by Gasteiger charge is 2.45. The lowest BCUT2D eigenvalue weighted by molar-refractivity contribution is 0.201. The fourth-order valence-electron chi connectivity index (χ4n) is 5.72. The van der Waals surface area contributed by atoms with Crippen molar-refractivity contribution in [2.75, 3.05) is 6.61 Å². The third-order valence-electron chi connectivity index (χ3n) is 6.52. The van der Waals surface area contributed by atoms with Crippen LogP contribution in [0, 0.1) is 23.7 Å². The molecule has 0 aromatic heterocycles. The summed E-state index contributed by atoms with van der Waals surface area (Å²) in [5.74, 6) is 3.23. The highest BCUT2D eigenvalue weighted by atomic mass is 28.4. The Bertz CT molecular complexity index is 328. The van der Waals surface area contributed by atoms with Gasteiger partial charge in [-0.3, -0.25) is 0 Å². The predicted molar refractivity (Wildman–Crippen MR) is 122 cm³/mol. The Morgan fingerprint density at radius 1 is 0.577 bits per heavy atom. The lowest BCUT2D eigenvalue weighted by Gasteiger charge is -2.43. The molecule has 4 atom stereocenters. The fourth-order valence-corrected chi connectivity index (χ4v) is 11.3. The van der Waals surface area contributed by atoms with E-state index < -0.39 is 8.32 Å². The molecule has 0 aliphatic rings. The summed E-state index contributed by atoms with van der Waals surface area (Å²) >= 11 is 0. The van der Waals surface area contributed by atoms with Crippen LogP contribution < -0.4 is 0 Å². The standard InChI is InChI=1S/C24H52OSi/c1-12-13-21(8)14-22(9)15-23(10)16-24(11)17-25-26(18(2)3,19(4)5)20(6)7/h18-24H,12-17H2,1-11H3/t21-,22+,23-,24+/m0/s1. The zero-order valence-corrected chi connectivity index (χ0v) is 21.2. The van der Waals surface area contributed by atoms with Crippen LogP contribution in [-0.2, 0) is 4.43 Å². The Morgan fingerprint density at radius 3 is 1.35 bits per heavy atom. The van der Waals surface area contributed by atoms with Gasteiger partial charge < -0.3 is 4.43 Å². The van der Waals surface area contributed by atoms with Crippen molar-refractivity contribution in [3.8, 4) is 0 Å². The molecule has 0 radical (unpaired) electrons. The maximum absolute atomic E-state index is 6.82. The summed E-state index contributed by atoms with van der Waals surface area (Å²) in [5.41, 5.74) is 2.06. The summed E-state index contributed by atoms with van der Waals surface area (Å²) in [6.45, 7) is 27.3. The zero-order chi connectivity index (χ0) is 20.5. The molecule has 0 heterocycles. The molecular formula is C24H52OSi. The van der Waals surface area contributed by atoms with Gasteiger partial charge in [0, 0.05) is 6.61 Å². The molecular weight excluding hydrogens is 332 g/mol. The molecule has 26 heavy (non-hydrogen) atoms. The van der Waals surface area contributed by atoms with Gasteiger partial charge in [0.2, 0.25) is 0 Å². The molecule has 0 N–H and O–H groups in total. The molecule has 0 rings (SSSR count). The largest absolute Gasteiger partial charge is 0.416 e. The molecule has 0 saturated heterocycles. The lowest BCUT2D eigenvalue weighted by Crippen LogP contribution is -2.48. The van der Waals surface area contributed by atoms with E-state index in [0.29, 0.717) is 22.5 Å². The molecule has 0 amide bonds. The van der Waals surface area contributed by atoms with Crippen LogP contribution in [0.1, 0.15) is 108 Å². The molecule has 0 saturated carbocycles. The zero-order valence-electron chi connectivity index (χ0n) is 20.2. The summed E-state index contributed by atoms with van der Waals surface area (Å²) in [6, 6.07) is 0. The molecule has 0 fully saturated rings. The smallest absolute Gasteiger partial charge is 0.200 e. The predicted octanol–water partition coefficient (Wildman–Crippen LogP) is 8.69. The molecule has 0 aliphatic heterocycles. The van der Waals surface area contributed by atoms with Gasteiger partial charge in [0.25, 0.3) is 0 Å². The summed E-state index contributed by atoms with van der Waals surface area (Å²) in [6.07, 6.45) is 6.79. The maximum Gasteiger partial charge on any atom is 0.200 e. The SMILES string of the molecule is CCC[C@H](C)C[C@@H](C)C[C@H](C)C[C@@H](C)CO[Si](C(C)C)(C(C)C)C(C)C. The topological polar surface area (TPSA) is 9.23 Å². The van der Waals surface area contributed by atoms with Crippen molar-refractivity contribution in [3.63, 3.8) is 0 Å². The van der Waals surface area contributed by atoms with E-state index in [4.69, 9.17) is 4.43 Å². The fraction of sp³-hybridized carbons (Fsp3) is 1.00. The van der Waals surface area contributed by atoms with Gasteiger partial charge in [-0.2, -0.15) is 0 Å².